The number of carbonyl (C=O) groups is 1. The van der Waals surface area contributed by atoms with Crippen molar-refractivity contribution in [1.29, 1.82) is 0 Å². The smallest absolute Gasteiger partial charge is 0.330 e. The first-order valence-electron chi connectivity index (χ1n) is 6.75. The number of carbonyl (C=O) groups excluding carboxylic acids is 1. The van der Waals surface area contributed by atoms with Gasteiger partial charge in [-0.25, -0.2) is 4.79 Å². The van der Waals surface area contributed by atoms with Crippen molar-refractivity contribution in [3.05, 3.63) is 35.4 Å². The van der Waals surface area contributed by atoms with E-state index in [0.29, 0.717) is 6.61 Å². The van der Waals surface area contributed by atoms with Crippen molar-refractivity contribution in [1.82, 2.24) is 5.32 Å². The molecule has 1 aromatic rings. The molecule has 0 aliphatic heterocycles. The van der Waals surface area contributed by atoms with Crippen molar-refractivity contribution in [2.45, 2.75) is 38.6 Å². The van der Waals surface area contributed by atoms with E-state index in [-0.39, 0.29) is 5.97 Å². The number of ether oxygens (including phenoxy) is 1. The van der Waals surface area contributed by atoms with Crippen LogP contribution in [0.15, 0.2) is 24.3 Å². The van der Waals surface area contributed by atoms with Crippen LogP contribution in [-0.2, 0) is 21.5 Å². The fraction of sp³-hybridized carbons (Fsp3) is 0.533. The molecule has 3 heteroatoms. The van der Waals surface area contributed by atoms with Crippen molar-refractivity contribution >= 4 is 5.97 Å². The number of likely N-dealkylation sites (N-methyl/N-ethyl adjacent to an activating group) is 1. The van der Waals surface area contributed by atoms with Gasteiger partial charge in [-0.15, -0.1) is 0 Å². The molecule has 18 heavy (non-hydrogen) atoms. The van der Waals surface area contributed by atoms with Crippen molar-refractivity contribution in [2.75, 3.05) is 13.2 Å². The Labute approximate surface area is 109 Å². The molecule has 0 saturated carbocycles. The normalized spacial score (nSPS) is 22.3. The second-order valence-electron chi connectivity index (χ2n) is 4.67. The van der Waals surface area contributed by atoms with Gasteiger partial charge in [0.05, 0.1) is 6.61 Å². The molecule has 0 fully saturated rings. The second kappa shape index (κ2) is 5.53. The van der Waals surface area contributed by atoms with E-state index in [1.807, 2.05) is 32.0 Å². The summed E-state index contributed by atoms with van der Waals surface area (Å²) < 4.78 is 5.29. The molecule has 0 spiro atoms. The topological polar surface area (TPSA) is 38.3 Å². The molecule has 98 valence electrons. The molecule has 1 N–H and O–H groups in total. The van der Waals surface area contributed by atoms with Crippen molar-refractivity contribution in [2.24, 2.45) is 0 Å². The Bertz CT molecular complexity index is 430. The number of fused-ring (bicyclic) bond motifs is 1. The Balaban J connectivity index is 2.45. The van der Waals surface area contributed by atoms with Crippen molar-refractivity contribution in [3.8, 4) is 0 Å². The van der Waals surface area contributed by atoms with Crippen molar-refractivity contribution < 1.29 is 9.53 Å². The van der Waals surface area contributed by atoms with Crippen molar-refractivity contribution in [3.63, 3.8) is 0 Å². The molecule has 0 heterocycles. The number of hydrogen-bond donors (Lipinski definition) is 1. The lowest BCUT2D eigenvalue weighted by molar-refractivity contribution is -0.152. The van der Waals surface area contributed by atoms with E-state index in [4.69, 9.17) is 4.74 Å². The maximum Gasteiger partial charge on any atom is 0.330 e. The minimum atomic E-state index is -0.639. The van der Waals surface area contributed by atoms with Crippen LogP contribution in [-0.4, -0.2) is 19.1 Å². The summed E-state index contributed by atoms with van der Waals surface area (Å²) in [5.41, 5.74) is 1.72. The van der Waals surface area contributed by atoms with Gasteiger partial charge in [-0.05, 0) is 43.9 Å². The number of aryl methyl sites for hydroxylation is 1. The predicted octanol–water partition coefficient (Wildman–Crippen LogP) is 2.39. The first kappa shape index (κ1) is 13.1. The van der Waals surface area contributed by atoms with Gasteiger partial charge >= 0.3 is 5.97 Å². The molecule has 0 radical (unpaired) electrons. The fourth-order valence-electron chi connectivity index (χ4n) is 2.86. The molecule has 1 aromatic carbocycles. The summed E-state index contributed by atoms with van der Waals surface area (Å²) in [7, 11) is 0. The number of rotatable bonds is 4. The van der Waals surface area contributed by atoms with E-state index in [9.17, 15) is 4.79 Å². The first-order chi connectivity index (χ1) is 8.74. The lowest BCUT2D eigenvalue weighted by Crippen LogP contribution is -2.52. The highest BCUT2D eigenvalue weighted by Gasteiger charge is 2.43. The molecule has 1 unspecified atom stereocenters. The van der Waals surface area contributed by atoms with Gasteiger partial charge in [-0.3, -0.25) is 5.32 Å². The van der Waals surface area contributed by atoms with Crippen LogP contribution in [0.5, 0.6) is 0 Å². The van der Waals surface area contributed by atoms with Gasteiger partial charge in [-0.1, -0.05) is 31.2 Å². The third-order valence-corrected chi connectivity index (χ3v) is 3.58. The van der Waals surface area contributed by atoms with Crippen LogP contribution < -0.4 is 5.32 Å². The third kappa shape index (κ3) is 2.15. The SMILES string of the molecule is CCNC1(C(=O)OCC)CCCc2ccccc21. The Morgan fingerprint density at radius 1 is 1.39 bits per heavy atom. The zero-order valence-electron chi connectivity index (χ0n) is 11.2. The van der Waals surface area contributed by atoms with Crippen LogP contribution >= 0.6 is 0 Å². The summed E-state index contributed by atoms with van der Waals surface area (Å²) in [6.07, 6.45) is 2.88. The third-order valence-electron chi connectivity index (χ3n) is 3.58. The maximum atomic E-state index is 12.4. The van der Waals surface area contributed by atoms with E-state index < -0.39 is 5.54 Å². The molecule has 1 atom stereocenters. The second-order valence-corrected chi connectivity index (χ2v) is 4.67. The lowest BCUT2D eigenvalue weighted by atomic mass is 9.76. The van der Waals surface area contributed by atoms with E-state index in [1.54, 1.807) is 0 Å². The number of hydrogen-bond acceptors (Lipinski definition) is 3. The molecule has 3 nitrogen and oxygen atoms in total. The van der Waals surface area contributed by atoms with E-state index >= 15 is 0 Å². The molecule has 0 saturated heterocycles. The van der Waals surface area contributed by atoms with Gasteiger partial charge in [0.2, 0.25) is 0 Å². The average molecular weight is 247 g/mol. The lowest BCUT2D eigenvalue weighted by Gasteiger charge is -2.37. The predicted molar refractivity (Wildman–Crippen MR) is 71.4 cm³/mol. The quantitative estimate of drug-likeness (QED) is 0.830. The van der Waals surface area contributed by atoms with E-state index in [0.717, 1.165) is 31.4 Å². The Morgan fingerprint density at radius 3 is 2.89 bits per heavy atom. The van der Waals surface area contributed by atoms with Crippen LogP contribution in [0.4, 0.5) is 0 Å². The van der Waals surface area contributed by atoms with Gasteiger partial charge in [0, 0.05) is 0 Å². The van der Waals surface area contributed by atoms with Crippen LogP contribution in [0.3, 0.4) is 0 Å². The molecule has 2 rings (SSSR count). The summed E-state index contributed by atoms with van der Waals surface area (Å²) in [4.78, 5) is 12.4. The molecule has 1 aliphatic rings. The summed E-state index contributed by atoms with van der Waals surface area (Å²) >= 11 is 0. The molecular formula is C15H21NO2. The van der Waals surface area contributed by atoms with Gasteiger partial charge in [0.1, 0.15) is 5.54 Å². The molecule has 1 aliphatic carbocycles. The number of nitrogens with one attached hydrogen (secondary N) is 1. The zero-order valence-corrected chi connectivity index (χ0v) is 11.2. The highest BCUT2D eigenvalue weighted by molar-refractivity contribution is 5.83. The summed E-state index contributed by atoms with van der Waals surface area (Å²) in [6.45, 7) is 5.06. The van der Waals surface area contributed by atoms with Gasteiger partial charge in [0.25, 0.3) is 0 Å². The summed E-state index contributed by atoms with van der Waals surface area (Å²) in [6, 6.07) is 8.19. The van der Waals surface area contributed by atoms with Gasteiger partial charge in [-0.2, -0.15) is 0 Å². The Morgan fingerprint density at radius 2 is 2.17 bits per heavy atom. The largest absolute Gasteiger partial charge is 0.464 e. The fourth-order valence-corrected chi connectivity index (χ4v) is 2.86. The molecule has 0 amide bonds. The van der Waals surface area contributed by atoms with E-state index in [2.05, 4.69) is 11.4 Å². The highest BCUT2D eigenvalue weighted by atomic mass is 16.5. The van der Waals surface area contributed by atoms with Gasteiger partial charge < -0.3 is 4.74 Å². The Kier molecular flexibility index (Phi) is 4.02. The Hall–Kier alpha value is -1.35. The average Bonchev–Trinajstić information content (AvgIpc) is 2.39. The monoisotopic (exact) mass is 247 g/mol. The molecule has 0 bridgehead atoms. The first-order valence-corrected chi connectivity index (χ1v) is 6.75. The number of benzene rings is 1. The minimum absolute atomic E-state index is 0.140. The van der Waals surface area contributed by atoms with E-state index in [1.165, 1.54) is 5.56 Å². The van der Waals surface area contributed by atoms with Crippen LogP contribution in [0, 0.1) is 0 Å². The van der Waals surface area contributed by atoms with Gasteiger partial charge in [0.15, 0.2) is 0 Å². The zero-order chi connectivity index (χ0) is 13.0. The highest BCUT2D eigenvalue weighted by Crippen LogP contribution is 2.36. The minimum Gasteiger partial charge on any atom is -0.464 e. The van der Waals surface area contributed by atoms with Crippen LogP contribution in [0.2, 0.25) is 0 Å². The summed E-state index contributed by atoms with van der Waals surface area (Å²) in [5, 5.41) is 3.36. The summed E-state index contributed by atoms with van der Waals surface area (Å²) in [5.74, 6) is -0.140. The molecule has 0 aromatic heterocycles. The number of esters is 1. The maximum absolute atomic E-state index is 12.4. The van der Waals surface area contributed by atoms with Crippen LogP contribution in [0.25, 0.3) is 0 Å². The van der Waals surface area contributed by atoms with Crippen LogP contribution in [0.1, 0.15) is 37.8 Å². The standard InChI is InChI=1S/C15H21NO2/c1-3-16-15(14(17)18-4-2)11-7-9-12-8-5-6-10-13(12)15/h5-6,8,10,16H,3-4,7,9,11H2,1-2H3. The molecular weight excluding hydrogens is 226 g/mol.